The number of hydrogen-bond donors (Lipinski definition) is 0. The third-order valence-corrected chi connectivity index (χ3v) is 6.00. The van der Waals surface area contributed by atoms with Crippen LogP contribution in [0.15, 0.2) is 61.1 Å². The van der Waals surface area contributed by atoms with E-state index in [1.807, 2.05) is 36.0 Å². The Hall–Kier alpha value is -3.91. The Labute approximate surface area is 189 Å². The molecule has 5 aromatic rings. The van der Waals surface area contributed by atoms with E-state index in [-0.39, 0.29) is 5.82 Å². The molecule has 0 bridgehead atoms. The van der Waals surface area contributed by atoms with Crippen molar-refractivity contribution < 1.29 is 9.13 Å². The molecule has 0 atom stereocenters. The van der Waals surface area contributed by atoms with Crippen molar-refractivity contribution in [2.75, 3.05) is 31.2 Å². The van der Waals surface area contributed by atoms with Crippen LogP contribution in [0.2, 0.25) is 0 Å². The van der Waals surface area contributed by atoms with Crippen LogP contribution in [0.25, 0.3) is 38.8 Å². The van der Waals surface area contributed by atoms with Crippen molar-refractivity contribution in [3.8, 4) is 16.8 Å². The topological polar surface area (TPSA) is 69.0 Å². The quantitative estimate of drug-likeness (QED) is 0.416. The Morgan fingerprint density at radius 3 is 2.36 bits per heavy atom. The fourth-order valence-corrected chi connectivity index (χ4v) is 4.35. The summed E-state index contributed by atoms with van der Waals surface area (Å²) in [5, 5.41) is 0.965. The van der Waals surface area contributed by atoms with E-state index in [1.54, 1.807) is 18.3 Å². The van der Waals surface area contributed by atoms with Gasteiger partial charge in [0.15, 0.2) is 0 Å². The first-order chi connectivity index (χ1) is 16.2. The van der Waals surface area contributed by atoms with Crippen molar-refractivity contribution in [3.05, 3.63) is 72.7 Å². The third kappa shape index (κ3) is 3.48. The number of nitrogens with zero attached hydrogens (tertiary/aromatic N) is 6. The molecular weight excluding hydrogens is 419 g/mol. The Morgan fingerprint density at radius 1 is 0.848 bits per heavy atom. The van der Waals surface area contributed by atoms with E-state index >= 15 is 0 Å². The lowest BCUT2D eigenvalue weighted by Gasteiger charge is -2.26. The minimum atomic E-state index is -0.268. The molecule has 4 heterocycles. The van der Waals surface area contributed by atoms with Crippen LogP contribution in [0, 0.1) is 12.7 Å². The van der Waals surface area contributed by atoms with Gasteiger partial charge in [0.05, 0.1) is 30.4 Å². The van der Waals surface area contributed by atoms with Gasteiger partial charge in [0.25, 0.3) is 0 Å². The van der Waals surface area contributed by atoms with Crippen molar-refractivity contribution >= 4 is 27.9 Å². The molecule has 33 heavy (non-hydrogen) atoms. The molecule has 0 radical (unpaired) electrons. The van der Waals surface area contributed by atoms with Gasteiger partial charge in [-0.1, -0.05) is 6.07 Å². The number of pyridine rings is 1. The summed E-state index contributed by atoms with van der Waals surface area (Å²) in [6.07, 6.45) is 5.49. The predicted molar refractivity (Wildman–Crippen MR) is 125 cm³/mol. The van der Waals surface area contributed by atoms with E-state index in [2.05, 4.69) is 25.9 Å². The SMILES string of the molecule is Cc1nc2cnc3ccc(-c4cnc(N5CCOCC5)nc4)cc3c2n1-c1ccc(F)cc1. The Balaban J connectivity index is 1.47. The molecule has 0 saturated carbocycles. The van der Waals surface area contributed by atoms with Gasteiger partial charge in [0, 0.05) is 42.1 Å². The number of aryl methyl sites for hydroxylation is 1. The van der Waals surface area contributed by atoms with Gasteiger partial charge in [-0.25, -0.2) is 19.3 Å². The van der Waals surface area contributed by atoms with E-state index in [0.29, 0.717) is 13.2 Å². The van der Waals surface area contributed by atoms with E-state index in [0.717, 1.165) is 63.6 Å². The first kappa shape index (κ1) is 19.8. The summed E-state index contributed by atoms with van der Waals surface area (Å²) in [5.41, 5.74) is 5.37. The van der Waals surface area contributed by atoms with E-state index in [1.165, 1.54) is 12.1 Å². The van der Waals surface area contributed by atoms with Crippen molar-refractivity contribution in [3.63, 3.8) is 0 Å². The van der Waals surface area contributed by atoms with Crippen LogP contribution < -0.4 is 4.90 Å². The van der Waals surface area contributed by atoms with Crippen molar-refractivity contribution in [2.24, 2.45) is 0 Å². The van der Waals surface area contributed by atoms with E-state index in [9.17, 15) is 4.39 Å². The molecule has 2 aromatic carbocycles. The summed E-state index contributed by atoms with van der Waals surface area (Å²) in [7, 11) is 0. The highest BCUT2D eigenvalue weighted by molar-refractivity contribution is 6.04. The molecule has 0 spiro atoms. The zero-order valence-corrected chi connectivity index (χ0v) is 18.1. The molecule has 6 rings (SSSR count). The highest BCUT2D eigenvalue weighted by Crippen LogP contribution is 2.31. The number of aromatic nitrogens is 5. The summed E-state index contributed by atoms with van der Waals surface area (Å²) in [6, 6.07) is 12.6. The lowest BCUT2D eigenvalue weighted by molar-refractivity contribution is 0.122. The monoisotopic (exact) mass is 440 g/mol. The van der Waals surface area contributed by atoms with Crippen molar-refractivity contribution in [2.45, 2.75) is 6.92 Å². The van der Waals surface area contributed by atoms with Crippen LogP contribution in [-0.4, -0.2) is 50.8 Å². The van der Waals surface area contributed by atoms with Crippen molar-refractivity contribution in [1.82, 2.24) is 24.5 Å². The maximum Gasteiger partial charge on any atom is 0.225 e. The minimum Gasteiger partial charge on any atom is -0.378 e. The minimum absolute atomic E-state index is 0.268. The number of halogens is 1. The number of imidazole rings is 1. The molecule has 8 heteroatoms. The number of hydrogen-bond acceptors (Lipinski definition) is 6. The first-order valence-corrected chi connectivity index (χ1v) is 10.9. The Morgan fingerprint density at radius 2 is 1.61 bits per heavy atom. The smallest absolute Gasteiger partial charge is 0.225 e. The van der Waals surface area contributed by atoms with Gasteiger partial charge in [-0.2, -0.15) is 0 Å². The van der Waals surface area contributed by atoms with Crippen LogP contribution >= 0.6 is 0 Å². The number of morpholine rings is 1. The summed E-state index contributed by atoms with van der Waals surface area (Å²) in [5.74, 6) is 1.27. The number of anilines is 1. The summed E-state index contributed by atoms with van der Waals surface area (Å²) in [6.45, 7) is 4.93. The van der Waals surface area contributed by atoms with Crippen LogP contribution in [-0.2, 0) is 4.74 Å². The van der Waals surface area contributed by atoms with Crippen LogP contribution in [0.3, 0.4) is 0 Å². The molecule has 3 aromatic heterocycles. The number of rotatable bonds is 3. The fraction of sp³-hybridized carbons (Fsp3) is 0.200. The molecule has 7 nitrogen and oxygen atoms in total. The van der Waals surface area contributed by atoms with E-state index < -0.39 is 0 Å². The van der Waals surface area contributed by atoms with Crippen molar-refractivity contribution in [1.29, 1.82) is 0 Å². The molecule has 164 valence electrons. The second-order valence-corrected chi connectivity index (χ2v) is 8.07. The largest absolute Gasteiger partial charge is 0.378 e. The zero-order valence-electron chi connectivity index (χ0n) is 18.1. The fourth-order valence-electron chi connectivity index (χ4n) is 4.35. The van der Waals surface area contributed by atoms with Gasteiger partial charge in [0.1, 0.15) is 17.2 Å². The zero-order chi connectivity index (χ0) is 22.4. The predicted octanol–water partition coefficient (Wildman–Crippen LogP) is 4.31. The summed E-state index contributed by atoms with van der Waals surface area (Å²) in [4.78, 5) is 20.6. The van der Waals surface area contributed by atoms with Gasteiger partial charge in [-0.3, -0.25) is 9.55 Å². The maximum atomic E-state index is 13.5. The molecule has 0 N–H and O–H groups in total. The van der Waals surface area contributed by atoms with Gasteiger partial charge in [-0.05, 0) is 48.9 Å². The van der Waals surface area contributed by atoms with Crippen LogP contribution in [0.1, 0.15) is 5.82 Å². The normalized spacial score (nSPS) is 14.3. The second-order valence-electron chi connectivity index (χ2n) is 8.07. The third-order valence-electron chi connectivity index (χ3n) is 6.00. The molecule has 0 aliphatic carbocycles. The van der Waals surface area contributed by atoms with Gasteiger partial charge >= 0.3 is 0 Å². The van der Waals surface area contributed by atoms with Gasteiger partial charge in [0.2, 0.25) is 5.95 Å². The highest BCUT2D eigenvalue weighted by atomic mass is 19.1. The molecule has 0 unspecified atom stereocenters. The summed E-state index contributed by atoms with van der Waals surface area (Å²) < 4.78 is 21.0. The summed E-state index contributed by atoms with van der Waals surface area (Å²) >= 11 is 0. The van der Waals surface area contributed by atoms with Crippen LogP contribution in [0.5, 0.6) is 0 Å². The number of benzene rings is 2. The lowest BCUT2D eigenvalue weighted by atomic mass is 10.1. The average molecular weight is 440 g/mol. The Bertz CT molecular complexity index is 1460. The molecule has 1 aliphatic rings. The van der Waals surface area contributed by atoms with E-state index in [4.69, 9.17) is 9.72 Å². The second kappa shape index (κ2) is 7.90. The first-order valence-electron chi connectivity index (χ1n) is 10.9. The number of fused-ring (bicyclic) bond motifs is 3. The molecular formula is C25H21FN6O. The van der Waals surface area contributed by atoms with Crippen LogP contribution in [0.4, 0.5) is 10.3 Å². The van der Waals surface area contributed by atoms with Gasteiger partial charge < -0.3 is 9.64 Å². The Kier molecular flexibility index (Phi) is 4.73. The maximum absolute atomic E-state index is 13.5. The number of ether oxygens (including phenoxy) is 1. The molecule has 1 aliphatic heterocycles. The average Bonchev–Trinajstić information content (AvgIpc) is 3.21. The lowest BCUT2D eigenvalue weighted by Crippen LogP contribution is -2.37. The molecule has 1 saturated heterocycles. The molecule has 1 fully saturated rings. The standard InChI is InChI=1S/C25H21FN6O/c1-16-30-23-15-27-22-7-2-17(18-13-28-25(29-14-18)31-8-10-33-11-9-31)12-21(22)24(23)32(16)20-5-3-19(26)4-6-20/h2-7,12-15H,8-11H2,1H3. The highest BCUT2D eigenvalue weighted by Gasteiger charge is 2.16. The van der Waals surface area contributed by atoms with Gasteiger partial charge in [-0.15, -0.1) is 0 Å². The molecule has 0 amide bonds.